The Labute approximate surface area is 115 Å². The summed E-state index contributed by atoms with van der Waals surface area (Å²) in [5.41, 5.74) is 0.242. The smallest absolute Gasteiger partial charge is 0.313 e. The second kappa shape index (κ2) is 4.68. The van der Waals surface area contributed by atoms with Crippen molar-refractivity contribution in [2.45, 2.75) is 6.42 Å². The van der Waals surface area contributed by atoms with Crippen LogP contribution in [-0.4, -0.2) is 14.5 Å². The molecule has 0 N–H and O–H groups in total. The molecular weight excluding hydrogens is 292 g/mol. The summed E-state index contributed by atoms with van der Waals surface area (Å²) >= 11 is 5.66. The minimum Gasteiger partial charge on any atom is -0.313 e. The highest BCUT2D eigenvalue weighted by Gasteiger charge is 2.17. The molecule has 20 heavy (non-hydrogen) atoms. The van der Waals surface area contributed by atoms with Gasteiger partial charge in [0.05, 0.1) is 0 Å². The Hall–Kier alpha value is -2.28. The molecule has 0 aliphatic rings. The Morgan fingerprint density at radius 1 is 1.30 bits per heavy atom. The predicted octanol–water partition coefficient (Wildman–Crippen LogP) is 2.20. The minimum atomic E-state index is -0.995. The van der Waals surface area contributed by atoms with Crippen LogP contribution in [0.4, 0.5) is 8.78 Å². The van der Waals surface area contributed by atoms with E-state index in [1.54, 1.807) is 12.1 Å². The van der Waals surface area contributed by atoms with Crippen LogP contribution in [0.3, 0.4) is 0 Å². The molecule has 0 spiro atoms. The molecule has 0 radical (unpaired) electrons. The average Bonchev–Trinajstić information content (AvgIpc) is 2.79. The molecule has 3 heterocycles. The highest BCUT2D eigenvalue weighted by Crippen LogP contribution is 2.18. The molecular formula is C12H6ClF2N3O2. The zero-order chi connectivity index (χ0) is 14.3. The zero-order valence-electron chi connectivity index (χ0n) is 9.81. The largest absolute Gasteiger partial charge is 0.460 e. The monoisotopic (exact) mass is 297 g/mol. The Morgan fingerprint density at radius 2 is 2.10 bits per heavy atom. The van der Waals surface area contributed by atoms with Crippen molar-refractivity contribution in [3.8, 4) is 0 Å². The van der Waals surface area contributed by atoms with Crippen LogP contribution in [0.1, 0.15) is 11.3 Å². The van der Waals surface area contributed by atoms with Gasteiger partial charge < -0.3 is 4.52 Å². The SMILES string of the molecule is O=c1nc2c(F)cc(F)c(Cc3ccc(Cl)nc3)n2o1. The molecule has 3 aromatic rings. The number of halogens is 3. The second-order valence-corrected chi connectivity index (χ2v) is 4.43. The Balaban J connectivity index is 2.15. The van der Waals surface area contributed by atoms with E-state index in [1.165, 1.54) is 6.20 Å². The van der Waals surface area contributed by atoms with Crippen LogP contribution in [0.2, 0.25) is 5.15 Å². The summed E-state index contributed by atoms with van der Waals surface area (Å²) in [4.78, 5) is 18.3. The Morgan fingerprint density at radius 3 is 2.80 bits per heavy atom. The van der Waals surface area contributed by atoms with Crippen molar-refractivity contribution in [3.05, 3.63) is 63.0 Å². The lowest BCUT2D eigenvalue weighted by Gasteiger charge is -2.05. The molecule has 0 atom stereocenters. The number of nitrogens with zero attached hydrogens (tertiary/aromatic N) is 3. The van der Waals surface area contributed by atoms with Crippen molar-refractivity contribution < 1.29 is 13.3 Å². The van der Waals surface area contributed by atoms with Crippen LogP contribution in [0.15, 0.2) is 33.7 Å². The highest BCUT2D eigenvalue weighted by atomic mass is 35.5. The predicted molar refractivity (Wildman–Crippen MR) is 65.7 cm³/mol. The summed E-state index contributed by atoms with van der Waals surface area (Å²) in [6.07, 6.45) is 1.50. The maximum absolute atomic E-state index is 13.9. The number of rotatable bonds is 2. The highest BCUT2D eigenvalue weighted by molar-refractivity contribution is 6.29. The van der Waals surface area contributed by atoms with Crippen molar-refractivity contribution in [2.75, 3.05) is 0 Å². The molecule has 5 nitrogen and oxygen atoms in total. The van der Waals surface area contributed by atoms with E-state index >= 15 is 0 Å². The fraction of sp³-hybridized carbons (Fsp3) is 0.0833. The van der Waals surface area contributed by atoms with Gasteiger partial charge >= 0.3 is 5.76 Å². The third kappa shape index (κ3) is 2.16. The average molecular weight is 298 g/mol. The van der Waals surface area contributed by atoms with Gasteiger partial charge in [-0.15, -0.1) is 4.98 Å². The van der Waals surface area contributed by atoms with Gasteiger partial charge in [-0.2, -0.15) is 4.57 Å². The van der Waals surface area contributed by atoms with Gasteiger partial charge in [-0.3, -0.25) is 0 Å². The molecule has 0 fully saturated rings. The molecule has 0 amide bonds. The summed E-state index contributed by atoms with van der Waals surface area (Å²) < 4.78 is 32.8. The van der Waals surface area contributed by atoms with E-state index in [0.29, 0.717) is 16.8 Å². The van der Waals surface area contributed by atoms with Gasteiger partial charge in [0, 0.05) is 18.7 Å². The quantitative estimate of drug-likeness (QED) is 0.680. The number of hydrogen-bond acceptors (Lipinski definition) is 4. The van der Waals surface area contributed by atoms with Gasteiger partial charge in [0.2, 0.25) is 5.65 Å². The first kappa shape index (κ1) is 12.7. The fourth-order valence-corrected chi connectivity index (χ4v) is 1.94. The first-order valence-electron chi connectivity index (χ1n) is 5.52. The number of pyridine rings is 2. The molecule has 0 saturated heterocycles. The summed E-state index contributed by atoms with van der Waals surface area (Å²) in [6, 6.07) is 3.84. The van der Waals surface area contributed by atoms with Gasteiger partial charge in [-0.1, -0.05) is 17.7 Å². The molecule has 0 bridgehead atoms. The lowest BCUT2D eigenvalue weighted by molar-refractivity contribution is 0.326. The van der Waals surface area contributed by atoms with Gasteiger partial charge in [0.1, 0.15) is 16.7 Å². The van der Waals surface area contributed by atoms with E-state index in [1.807, 2.05) is 0 Å². The van der Waals surface area contributed by atoms with E-state index in [9.17, 15) is 13.6 Å². The van der Waals surface area contributed by atoms with Crippen molar-refractivity contribution in [1.82, 2.24) is 14.5 Å². The van der Waals surface area contributed by atoms with Gasteiger partial charge in [-0.05, 0) is 11.6 Å². The van der Waals surface area contributed by atoms with Gasteiger partial charge in [0.25, 0.3) is 0 Å². The van der Waals surface area contributed by atoms with Crippen molar-refractivity contribution in [2.24, 2.45) is 0 Å². The third-order valence-corrected chi connectivity index (χ3v) is 2.93. The molecule has 0 aromatic carbocycles. The van der Waals surface area contributed by atoms with Crippen LogP contribution in [0, 0.1) is 11.6 Å². The van der Waals surface area contributed by atoms with Crippen molar-refractivity contribution in [3.63, 3.8) is 0 Å². The first-order valence-corrected chi connectivity index (χ1v) is 5.90. The number of fused-ring (bicyclic) bond motifs is 1. The molecule has 3 rings (SSSR count). The van der Waals surface area contributed by atoms with E-state index in [2.05, 4.69) is 14.5 Å². The normalized spacial score (nSPS) is 11.2. The molecule has 0 aliphatic heterocycles. The maximum Gasteiger partial charge on any atom is 0.460 e. The molecule has 102 valence electrons. The van der Waals surface area contributed by atoms with E-state index < -0.39 is 17.4 Å². The summed E-state index contributed by atoms with van der Waals surface area (Å²) in [7, 11) is 0. The maximum atomic E-state index is 13.9. The van der Waals surface area contributed by atoms with Crippen molar-refractivity contribution in [1.29, 1.82) is 0 Å². The third-order valence-electron chi connectivity index (χ3n) is 2.71. The molecule has 8 heteroatoms. The minimum absolute atomic E-state index is 0.0277. The van der Waals surface area contributed by atoms with Crippen LogP contribution >= 0.6 is 11.6 Å². The zero-order valence-corrected chi connectivity index (χ0v) is 10.6. The molecule has 0 aliphatic carbocycles. The van der Waals surface area contributed by atoms with Crippen LogP contribution < -0.4 is 5.76 Å². The summed E-state index contributed by atoms with van der Waals surface area (Å²) in [5, 5.41) is 0.299. The Kier molecular flexibility index (Phi) is 2.98. The topological polar surface area (TPSA) is 60.4 Å². The van der Waals surface area contributed by atoms with Gasteiger partial charge in [0.15, 0.2) is 5.82 Å². The van der Waals surface area contributed by atoms with Crippen LogP contribution in [0.25, 0.3) is 5.65 Å². The summed E-state index contributed by atoms with van der Waals surface area (Å²) in [6.45, 7) is 0. The number of aromatic nitrogens is 3. The van der Waals surface area contributed by atoms with E-state index in [0.717, 1.165) is 4.57 Å². The van der Waals surface area contributed by atoms with E-state index in [4.69, 9.17) is 11.6 Å². The molecule has 0 unspecified atom stereocenters. The standard InChI is InChI=1S/C12H6ClF2N3O2/c13-10-2-1-6(5-16-10)3-9-7(14)4-8(15)11-17-12(19)20-18(9)11/h1-2,4-5H,3H2. The van der Waals surface area contributed by atoms with E-state index in [-0.39, 0.29) is 17.8 Å². The number of hydrogen-bond donors (Lipinski definition) is 0. The molecule has 0 saturated carbocycles. The lowest BCUT2D eigenvalue weighted by atomic mass is 10.1. The Bertz CT molecular complexity index is 842. The fourth-order valence-electron chi connectivity index (χ4n) is 1.82. The lowest BCUT2D eigenvalue weighted by Crippen LogP contribution is -2.04. The van der Waals surface area contributed by atoms with Gasteiger partial charge in [-0.25, -0.2) is 18.6 Å². The summed E-state index contributed by atoms with van der Waals surface area (Å²) in [5.74, 6) is -2.80. The van der Waals surface area contributed by atoms with Crippen molar-refractivity contribution >= 4 is 17.2 Å². The van der Waals surface area contributed by atoms with Crippen LogP contribution in [-0.2, 0) is 6.42 Å². The molecule has 3 aromatic heterocycles. The van der Waals surface area contributed by atoms with Crippen LogP contribution in [0.5, 0.6) is 0 Å². The second-order valence-electron chi connectivity index (χ2n) is 4.04. The first-order chi connectivity index (χ1) is 9.54.